The first kappa shape index (κ1) is 100.0. The lowest BCUT2D eigenvalue weighted by atomic mass is 10.1. The second-order valence-electron chi connectivity index (χ2n) is 25.0. The largest absolute Gasteiger partial charge is 0.344 e. The summed E-state index contributed by atoms with van der Waals surface area (Å²) in [4.78, 5) is 0. The lowest BCUT2D eigenvalue weighted by Gasteiger charge is -1.97. The van der Waals surface area contributed by atoms with E-state index < -0.39 is 0 Å². The summed E-state index contributed by atoms with van der Waals surface area (Å²) in [6.07, 6.45) is 91.7. The maximum absolute atomic E-state index is 2.27. The molecule has 0 fully saturated rings. The van der Waals surface area contributed by atoms with Crippen molar-refractivity contribution in [2.75, 3.05) is 0 Å². The Morgan fingerprint density at radius 3 is 0.148 bits per heavy atom. The first-order chi connectivity index (χ1) is 39.3. The van der Waals surface area contributed by atoms with Gasteiger partial charge in [0.1, 0.15) is 0 Å². The highest BCUT2D eigenvalue weighted by molar-refractivity contribution is 4.49. The van der Waals surface area contributed by atoms with Gasteiger partial charge >= 0.3 is 0 Å². The van der Waals surface area contributed by atoms with Gasteiger partial charge in [-0.2, -0.15) is 0 Å². The van der Waals surface area contributed by atoms with E-state index in [4.69, 9.17) is 0 Å². The lowest BCUT2D eigenvalue weighted by molar-refractivity contribution is 0.585. The molecule has 0 radical (unpaired) electrons. The molecule has 0 amide bonds. The van der Waals surface area contributed by atoms with E-state index in [2.05, 4.69) is 111 Å². The van der Waals surface area contributed by atoms with Crippen LogP contribution in [0.2, 0.25) is 0 Å². The summed E-state index contributed by atoms with van der Waals surface area (Å²) >= 11 is 0. The topological polar surface area (TPSA) is 35.0 Å². The van der Waals surface area contributed by atoms with Gasteiger partial charge in [-0.3, -0.25) is 0 Å². The van der Waals surface area contributed by atoms with Crippen molar-refractivity contribution in [3.05, 3.63) is 0 Å². The van der Waals surface area contributed by atoms with E-state index in [0.29, 0.717) is 0 Å². The minimum Gasteiger partial charge on any atom is -0.344 e. The molecule has 0 saturated carbocycles. The standard InChI is InChI=1S/8C10H22.H3N/c8*1-3-5-7-9-10-8-6-4-2;/h8*3-10H2,1-2H3;1H3. The zero-order chi connectivity index (χ0) is 61.3. The average Bonchev–Trinajstić information content (AvgIpc) is 3.47. The van der Waals surface area contributed by atoms with E-state index >= 15 is 0 Å². The van der Waals surface area contributed by atoms with Crippen molar-refractivity contribution in [3.8, 4) is 0 Å². The minimum atomic E-state index is 0. The molecule has 1 nitrogen and oxygen atoms in total. The van der Waals surface area contributed by atoms with Gasteiger partial charge in [-0.05, 0) is 0 Å². The van der Waals surface area contributed by atoms with E-state index in [1.807, 2.05) is 0 Å². The molecule has 0 heterocycles. The van der Waals surface area contributed by atoms with Crippen LogP contribution >= 0.6 is 0 Å². The van der Waals surface area contributed by atoms with Crippen molar-refractivity contribution in [2.24, 2.45) is 0 Å². The molecular weight excluding hydrogens is 975 g/mol. The number of unbranched alkanes of at least 4 members (excludes halogenated alkanes) is 56. The highest BCUT2D eigenvalue weighted by Crippen LogP contribution is 2.13. The number of hydrogen-bond acceptors (Lipinski definition) is 1. The molecule has 0 bridgehead atoms. The van der Waals surface area contributed by atoms with Crippen LogP contribution in [0, 0.1) is 0 Å². The molecule has 0 aromatic carbocycles. The molecule has 0 aromatic rings. The molecule has 0 aliphatic heterocycles. The average molecular weight is 1160 g/mol. The highest BCUT2D eigenvalue weighted by Gasteiger charge is 1.93. The fourth-order valence-corrected chi connectivity index (χ4v) is 9.66. The molecule has 504 valence electrons. The molecule has 0 aliphatic rings. The molecule has 0 atom stereocenters. The Labute approximate surface area is 525 Å². The van der Waals surface area contributed by atoms with E-state index in [1.165, 1.54) is 411 Å². The van der Waals surface area contributed by atoms with Crippen molar-refractivity contribution in [3.63, 3.8) is 0 Å². The van der Waals surface area contributed by atoms with Crippen molar-refractivity contribution in [1.29, 1.82) is 0 Å². The van der Waals surface area contributed by atoms with E-state index in [-0.39, 0.29) is 6.15 Å². The third-order valence-electron chi connectivity index (χ3n) is 15.7. The van der Waals surface area contributed by atoms with Gasteiger partial charge in [0, 0.05) is 0 Å². The number of rotatable bonds is 56. The van der Waals surface area contributed by atoms with Crippen molar-refractivity contribution in [1.82, 2.24) is 6.15 Å². The quantitative estimate of drug-likeness (QED) is 0.0605. The van der Waals surface area contributed by atoms with Gasteiger partial charge in [0.15, 0.2) is 0 Å². The van der Waals surface area contributed by atoms with Crippen molar-refractivity contribution < 1.29 is 0 Å². The molecule has 3 N–H and O–H groups in total. The smallest absolute Gasteiger partial charge is 0.0533 e. The van der Waals surface area contributed by atoms with Gasteiger partial charge in [0.2, 0.25) is 0 Å². The van der Waals surface area contributed by atoms with Crippen LogP contribution in [0.25, 0.3) is 0 Å². The maximum atomic E-state index is 2.27. The van der Waals surface area contributed by atoms with Crippen LogP contribution in [0.3, 0.4) is 0 Å². The minimum absolute atomic E-state index is 0. The van der Waals surface area contributed by atoms with E-state index in [0.717, 1.165) is 0 Å². The molecule has 0 aromatic heterocycles. The van der Waals surface area contributed by atoms with Crippen molar-refractivity contribution in [2.45, 2.75) is 522 Å². The Morgan fingerprint density at radius 1 is 0.0741 bits per heavy atom. The normalized spacial score (nSPS) is 10.1. The van der Waals surface area contributed by atoms with E-state index in [9.17, 15) is 0 Å². The van der Waals surface area contributed by atoms with Crippen LogP contribution in [-0.4, -0.2) is 0 Å². The van der Waals surface area contributed by atoms with Crippen LogP contribution in [0.5, 0.6) is 0 Å². The SMILES string of the molecule is CCCCCCCCCC.CCCCCCCCCC.CCCCCCCCCC.CCCCCCCCCC.CCCCCCCCCC.CCCCCCCCCC.CCCCCCCCCC.CCCCCCCCCC.N. The number of hydrogen-bond donors (Lipinski definition) is 1. The van der Waals surface area contributed by atoms with Gasteiger partial charge < -0.3 is 6.15 Å². The van der Waals surface area contributed by atoms with Gasteiger partial charge in [-0.25, -0.2) is 0 Å². The first-order valence-corrected chi connectivity index (χ1v) is 39.3. The zero-order valence-electron chi connectivity index (χ0n) is 62.0. The fourth-order valence-electron chi connectivity index (χ4n) is 9.66. The highest BCUT2D eigenvalue weighted by atomic mass is 14.0. The lowest BCUT2D eigenvalue weighted by Crippen LogP contribution is -1.77. The second-order valence-corrected chi connectivity index (χ2v) is 25.0. The van der Waals surface area contributed by atoms with Crippen molar-refractivity contribution >= 4 is 0 Å². The Hall–Kier alpha value is -0.0400. The Balaban J connectivity index is -0.000000104. The summed E-state index contributed by atoms with van der Waals surface area (Å²) in [7, 11) is 0. The molecule has 0 spiro atoms. The Kier molecular flexibility index (Phi) is 150. The zero-order valence-corrected chi connectivity index (χ0v) is 62.0. The molecule has 81 heavy (non-hydrogen) atoms. The summed E-state index contributed by atoms with van der Waals surface area (Å²) < 4.78 is 0. The predicted octanol–water partition coefficient (Wildman–Crippen LogP) is 33.3. The molecule has 0 saturated heterocycles. The molecular formula is C80H179N. The van der Waals surface area contributed by atoms with E-state index in [1.54, 1.807) is 0 Å². The van der Waals surface area contributed by atoms with Gasteiger partial charge in [-0.1, -0.05) is 522 Å². The Morgan fingerprint density at radius 2 is 0.111 bits per heavy atom. The third kappa shape index (κ3) is 155. The Bertz CT molecular complexity index is 520. The van der Waals surface area contributed by atoms with Gasteiger partial charge in [-0.15, -0.1) is 0 Å². The van der Waals surface area contributed by atoms with Crippen LogP contribution in [0.4, 0.5) is 0 Å². The monoisotopic (exact) mass is 1150 g/mol. The van der Waals surface area contributed by atoms with Gasteiger partial charge in [0.25, 0.3) is 0 Å². The molecule has 0 unspecified atom stereocenters. The van der Waals surface area contributed by atoms with Crippen LogP contribution < -0.4 is 6.15 Å². The summed E-state index contributed by atoms with van der Waals surface area (Å²) in [6, 6.07) is 0. The summed E-state index contributed by atoms with van der Waals surface area (Å²) in [6.45, 7) is 36.3. The van der Waals surface area contributed by atoms with Crippen LogP contribution in [-0.2, 0) is 0 Å². The van der Waals surface area contributed by atoms with Crippen LogP contribution in [0.1, 0.15) is 522 Å². The summed E-state index contributed by atoms with van der Waals surface area (Å²) in [5.74, 6) is 0. The first-order valence-electron chi connectivity index (χ1n) is 39.3. The molecule has 0 aliphatic carbocycles. The molecule has 0 rings (SSSR count). The predicted molar refractivity (Wildman–Crippen MR) is 391 cm³/mol. The maximum Gasteiger partial charge on any atom is -0.0533 e. The second kappa shape index (κ2) is 122. The summed E-state index contributed by atoms with van der Waals surface area (Å²) in [5, 5.41) is 0. The third-order valence-corrected chi connectivity index (χ3v) is 15.7. The van der Waals surface area contributed by atoms with Crippen LogP contribution in [0.15, 0.2) is 0 Å². The molecule has 1 heteroatoms. The van der Waals surface area contributed by atoms with Gasteiger partial charge in [0.05, 0.1) is 0 Å². The summed E-state index contributed by atoms with van der Waals surface area (Å²) in [5.41, 5.74) is 0. The fraction of sp³-hybridized carbons (Fsp3) is 1.00.